The normalized spacial score (nSPS) is 17.4. The Morgan fingerprint density at radius 3 is 2.76 bits per heavy atom. The Balaban J connectivity index is 0.000000511. The third-order valence-corrected chi connectivity index (χ3v) is 4.23. The first kappa shape index (κ1) is 19.4. The first-order valence-electron chi connectivity index (χ1n) is 9.15. The summed E-state index contributed by atoms with van der Waals surface area (Å²) in [5.74, 6) is 0.622. The quantitative estimate of drug-likeness (QED) is 0.860. The second-order valence-corrected chi connectivity index (χ2v) is 6.22. The van der Waals surface area contributed by atoms with Gasteiger partial charge in [0, 0.05) is 25.5 Å². The summed E-state index contributed by atoms with van der Waals surface area (Å²) in [6.07, 6.45) is 12.7. The molecule has 0 aromatic carbocycles. The van der Waals surface area contributed by atoms with Gasteiger partial charge >= 0.3 is 0 Å². The third kappa shape index (κ3) is 6.84. The summed E-state index contributed by atoms with van der Waals surface area (Å²) in [7, 11) is 1.93. The van der Waals surface area contributed by atoms with Crippen LogP contribution in [0.4, 0.5) is 5.82 Å². The lowest BCUT2D eigenvalue weighted by Gasteiger charge is -2.22. The number of nitrogens with one attached hydrogen (secondary N) is 2. The first-order valence-corrected chi connectivity index (χ1v) is 9.15. The first-order chi connectivity index (χ1) is 12.2. The highest BCUT2D eigenvalue weighted by Gasteiger charge is 2.17. The fourth-order valence-electron chi connectivity index (χ4n) is 2.73. The van der Waals surface area contributed by atoms with Crippen LogP contribution >= 0.6 is 0 Å². The van der Waals surface area contributed by atoms with Crippen molar-refractivity contribution in [2.45, 2.75) is 45.1 Å². The molecule has 0 atom stereocenters. The van der Waals surface area contributed by atoms with Crippen molar-refractivity contribution < 1.29 is 9.53 Å². The van der Waals surface area contributed by atoms with E-state index in [-0.39, 0.29) is 5.91 Å². The number of aromatic nitrogens is 2. The van der Waals surface area contributed by atoms with E-state index in [1.165, 1.54) is 0 Å². The lowest BCUT2D eigenvalue weighted by Crippen LogP contribution is -2.20. The summed E-state index contributed by atoms with van der Waals surface area (Å²) in [4.78, 5) is 12.0. The van der Waals surface area contributed by atoms with Gasteiger partial charge in [0.2, 0.25) is 5.91 Å². The van der Waals surface area contributed by atoms with Gasteiger partial charge in [-0.05, 0) is 44.8 Å². The van der Waals surface area contributed by atoms with Gasteiger partial charge in [0.05, 0.1) is 12.5 Å². The Labute approximate surface area is 150 Å². The minimum Gasteiger partial charge on any atom is -0.381 e. The minimum atomic E-state index is -0.00923. The summed E-state index contributed by atoms with van der Waals surface area (Å²) >= 11 is 0. The highest BCUT2D eigenvalue weighted by atomic mass is 16.5. The Hall–Kier alpha value is -1.92. The lowest BCUT2D eigenvalue weighted by atomic mass is 10.0. The van der Waals surface area contributed by atoms with Crippen LogP contribution in [0.25, 0.3) is 0 Å². The zero-order valence-electron chi connectivity index (χ0n) is 15.3. The maximum Gasteiger partial charge on any atom is 0.229 e. The molecule has 6 nitrogen and oxygen atoms in total. The van der Waals surface area contributed by atoms with Crippen molar-refractivity contribution in [1.82, 2.24) is 15.1 Å². The molecule has 2 heterocycles. The molecule has 0 unspecified atom stereocenters. The summed E-state index contributed by atoms with van der Waals surface area (Å²) in [5.41, 5.74) is 1.09. The fourth-order valence-corrected chi connectivity index (χ4v) is 2.73. The third-order valence-electron chi connectivity index (χ3n) is 4.23. The molecular formula is C19H30N4O2. The number of rotatable bonds is 5. The molecule has 25 heavy (non-hydrogen) atoms. The van der Waals surface area contributed by atoms with Crippen LogP contribution in [-0.2, 0) is 9.53 Å². The van der Waals surface area contributed by atoms with Crippen LogP contribution in [0, 0.1) is 0 Å². The largest absolute Gasteiger partial charge is 0.381 e. The van der Waals surface area contributed by atoms with Gasteiger partial charge in [-0.1, -0.05) is 25.2 Å². The Kier molecular flexibility index (Phi) is 8.42. The maximum atomic E-state index is 12.0. The second-order valence-electron chi connectivity index (χ2n) is 6.22. The van der Waals surface area contributed by atoms with Crippen molar-refractivity contribution in [2.75, 3.05) is 32.1 Å². The SMILES string of the molecule is CCNC.O=C(CC1=CCCC=C1)Nc1ccn(C2CCOCC2)n1. The van der Waals surface area contributed by atoms with Crippen LogP contribution < -0.4 is 10.6 Å². The molecule has 3 rings (SSSR count). The summed E-state index contributed by atoms with van der Waals surface area (Å²) in [5, 5.41) is 10.3. The van der Waals surface area contributed by atoms with E-state index < -0.39 is 0 Å². The Bertz CT molecular complexity index is 584. The smallest absolute Gasteiger partial charge is 0.229 e. The molecule has 138 valence electrons. The number of hydrogen-bond acceptors (Lipinski definition) is 4. The number of anilines is 1. The van der Waals surface area contributed by atoms with Crippen molar-refractivity contribution >= 4 is 11.7 Å². The molecule has 0 saturated carbocycles. The van der Waals surface area contributed by atoms with Crippen molar-refractivity contribution in [1.29, 1.82) is 0 Å². The molecule has 1 saturated heterocycles. The molecule has 1 amide bonds. The van der Waals surface area contributed by atoms with Gasteiger partial charge < -0.3 is 15.4 Å². The Morgan fingerprint density at radius 2 is 2.12 bits per heavy atom. The van der Waals surface area contributed by atoms with Crippen LogP contribution in [0.15, 0.2) is 36.1 Å². The van der Waals surface area contributed by atoms with Gasteiger partial charge in [0.25, 0.3) is 0 Å². The molecule has 1 fully saturated rings. The van der Waals surface area contributed by atoms with E-state index in [9.17, 15) is 4.79 Å². The predicted octanol–water partition coefficient (Wildman–Crippen LogP) is 3.07. The summed E-state index contributed by atoms with van der Waals surface area (Å²) < 4.78 is 7.30. The number of allylic oxidation sites excluding steroid dienone is 3. The van der Waals surface area contributed by atoms with Gasteiger partial charge in [-0.3, -0.25) is 9.48 Å². The number of nitrogens with zero attached hydrogens (tertiary/aromatic N) is 2. The number of ether oxygens (including phenoxy) is 1. The number of amides is 1. The monoisotopic (exact) mass is 346 g/mol. The van der Waals surface area contributed by atoms with Crippen LogP contribution in [0.3, 0.4) is 0 Å². The van der Waals surface area contributed by atoms with Crippen LogP contribution in [0.5, 0.6) is 0 Å². The van der Waals surface area contributed by atoms with Gasteiger partial charge in [-0.2, -0.15) is 5.10 Å². The van der Waals surface area contributed by atoms with E-state index in [1.807, 2.05) is 30.1 Å². The number of hydrogen-bond donors (Lipinski definition) is 2. The number of carbonyl (C=O) groups is 1. The van der Waals surface area contributed by atoms with Crippen molar-refractivity contribution in [2.24, 2.45) is 0 Å². The molecule has 1 aliphatic carbocycles. The van der Waals surface area contributed by atoms with E-state index in [0.29, 0.717) is 18.3 Å². The molecule has 1 aromatic rings. The average molecular weight is 346 g/mol. The van der Waals surface area contributed by atoms with E-state index in [4.69, 9.17) is 4.74 Å². The maximum absolute atomic E-state index is 12.0. The van der Waals surface area contributed by atoms with E-state index >= 15 is 0 Å². The van der Waals surface area contributed by atoms with E-state index in [2.05, 4.69) is 34.8 Å². The molecule has 0 radical (unpaired) electrons. The zero-order valence-corrected chi connectivity index (χ0v) is 15.3. The molecule has 0 bridgehead atoms. The summed E-state index contributed by atoms with van der Waals surface area (Å²) in [6, 6.07) is 2.24. The molecule has 2 aliphatic rings. The highest BCUT2D eigenvalue weighted by molar-refractivity contribution is 5.91. The van der Waals surface area contributed by atoms with E-state index in [0.717, 1.165) is 51.0 Å². The molecule has 1 aliphatic heterocycles. The van der Waals surface area contributed by atoms with E-state index in [1.54, 1.807) is 0 Å². The average Bonchev–Trinajstić information content (AvgIpc) is 3.12. The molecule has 0 spiro atoms. The van der Waals surface area contributed by atoms with Crippen LogP contribution in [0.2, 0.25) is 0 Å². The lowest BCUT2D eigenvalue weighted by molar-refractivity contribution is -0.115. The van der Waals surface area contributed by atoms with Crippen molar-refractivity contribution in [3.63, 3.8) is 0 Å². The predicted molar refractivity (Wildman–Crippen MR) is 101 cm³/mol. The molecular weight excluding hydrogens is 316 g/mol. The molecule has 2 N–H and O–H groups in total. The summed E-state index contributed by atoms with van der Waals surface area (Å²) in [6.45, 7) is 4.71. The standard InChI is InChI=1S/C16H21N3O2.C3H9N/c20-16(12-13-4-2-1-3-5-13)17-15-6-9-19(18-15)14-7-10-21-11-8-14;1-3-4-2/h2,4-6,9,14H,1,3,7-8,10-12H2,(H,17,18,20);4H,3H2,1-2H3. The van der Waals surface area contributed by atoms with Gasteiger partial charge in [-0.15, -0.1) is 0 Å². The van der Waals surface area contributed by atoms with Gasteiger partial charge in [0.15, 0.2) is 5.82 Å². The zero-order chi connectivity index (χ0) is 17.9. The van der Waals surface area contributed by atoms with Crippen LogP contribution in [0.1, 0.15) is 45.1 Å². The minimum absolute atomic E-state index is 0.00923. The fraction of sp³-hybridized carbons (Fsp3) is 0.579. The Morgan fingerprint density at radius 1 is 1.36 bits per heavy atom. The van der Waals surface area contributed by atoms with Crippen LogP contribution in [-0.4, -0.2) is 42.5 Å². The highest BCUT2D eigenvalue weighted by Crippen LogP contribution is 2.21. The molecule has 1 aromatic heterocycles. The molecule has 6 heteroatoms. The van der Waals surface area contributed by atoms with Gasteiger partial charge in [-0.25, -0.2) is 0 Å². The van der Waals surface area contributed by atoms with Crippen molar-refractivity contribution in [3.05, 3.63) is 36.1 Å². The van der Waals surface area contributed by atoms with Gasteiger partial charge in [0.1, 0.15) is 0 Å². The second kappa shape index (κ2) is 10.8. The number of carbonyl (C=O) groups excluding carboxylic acids is 1. The van der Waals surface area contributed by atoms with Crippen molar-refractivity contribution in [3.8, 4) is 0 Å². The topological polar surface area (TPSA) is 68.2 Å².